The van der Waals surface area contributed by atoms with Crippen molar-refractivity contribution in [3.05, 3.63) is 45.1 Å². The summed E-state index contributed by atoms with van der Waals surface area (Å²) in [6, 6.07) is 5.50. The van der Waals surface area contributed by atoms with Crippen molar-refractivity contribution in [2.45, 2.75) is 33.1 Å². The number of methoxy groups -OCH3 is 1. The number of ether oxygens (including phenoxy) is 2. The molecular weight excluding hydrogens is 350 g/mol. The minimum absolute atomic E-state index is 0.322. The van der Waals surface area contributed by atoms with Crippen LogP contribution in [0.5, 0.6) is 5.75 Å². The van der Waals surface area contributed by atoms with E-state index < -0.39 is 5.97 Å². The van der Waals surface area contributed by atoms with Gasteiger partial charge in [0.2, 0.25) is 0 Å². The quantitative estimate of drug-likeness (QED) is 0.805. The Hall–Kier alpha value is -2.34. The molecule has 1 heterocycles. The Bertz CT molecular complexity index is 827. The molecule has 3 rings (SSSR count). The van der Waals surface area contributed by atoms with E-state index in [9.17, 15) is 9.59 Å². The lowest BCUT2D eigenvalue weighted by Crippen LogP contribution is -2.22. The fourth-order valence-corrected chi connectivity index (χ4v) is 4.40. The second kappa shape index (κ2) is 7.91. The number of nitrogens with one attached hydrogen (secondary N) is 1. The van der Waals surface area contributed by atoms with Gasteiger partial charge in [0.05, 0.1) is 18.4 Å². The molecule has 1 aliphatic carbocycles. The molecule has 2 aromatic rings. The summed E-state index contributed by atoms with van der Waals surface area (Å²) < 4.78 is 10.5. The van der Waals surface area contributed by atoms with Crippen molar-refractivity contribution in [1.82, 2.24) is 0 Å². The van der Waals surface area contributed by atoms with E-state index >= 15 is 0 Å². The largest absolute Gasteiger partial charge is 0.495 e. The Kier molecular flexibility index (Phi) is 5.61. The van der Waals surface area contributed by atoms with Gasteiger partial charge < -0.3 is 14.8 Å². The second-order valence-corrected chi connectivity index (χ2v) is 7.69. The molecule has 0 radical (unpaired) electrons. The molecule has 0 aliphatic heterocycles. The molecule has 6 heteroatoms. The zero-order valence-corrected chi connectivity index (χ0v) is 16.1. The smallest absolute Gasteiger partial charge is 0.339 e. The van der Waals surface area contributed by atoms with Crippen LogP contribution in [0.1, 0.15) is 39.7 Å². The van der Waals surface area contributed by atoms with E-state index in [1.54, 1.807) is 24.5 Å². The normalized spacial score (nSPS) is 15.9. The van der Waals surface area contributed by atoms with E-state index in [1.165, 1.54) is 4.88 Å². The standard InChI is InChI=1S/C20H23NO4S/c1-12-5-7-17(24-3)16(8-12)21-19(22)10-25-20(23)15-11-26-18-9-13(2)4-6-14(15)18/h5,7-8,11,13H,4,6,9-10H2,1-3H3,(H,21,22). The van der Waals surface area contributed by atoms with Gasteiger partial charge >= 0.3 is 5.97 Å². The van der Waals surface area contributed by atoms with Crippen LogP contribution < -0.4 is 10.1 Å². The first kappa shape index (κ1) is 18.5. The summed E-state index contributed by atoms with van der Waals surface area (Å²) in [5.74, 6) is 0.403. The molecule has 138 valence electrons. The maximum absolute atomic E-state index is 12.4. The second-order valence-electron chi connectivity index (χ2n) is 6.73. The highest BCUT2D eigenvalue weighted by molar-refractivity contribution is 7.10. The summed E-state index contributed by atoms with van der Waals surface area (Å²) in [6.45, 7) is 3.83. The summed E-state index contributed by atoms with van der Waals surface area (Å²) in [5.41, 5.74) is 3.27. The number of fused-ring (bicyclic) bond motifs is 1. The van der Waals surface area contributed by atoms with Gasteiger partial charge in [-0.05, 0) is 55.4 Å². The Morgan fingerprint density at radius 1 is 1.35 bits per heavy atom. The SMILES string of the molecule is COc1ccc(C)cc1NC(=O)COC(=O)c1csc2c1CCC(C)C2. The molecule has 1 aliphatic rings. The number of carbonyl (C=O) groups excluding carboxylic acids is 2. The highest BCUT2D eigenvalue weighted by Gasteiger charge is 2.24. The fraction of sp³-hybridized carbons (Fsp3) is 0.400. The van der Waals surface area contributed by atoms with E-state index in [4.69, 9.17) is 9.47 Å². The first-order chi connectivity index (χ1) is 12.5. The molecule has 0 saturated heterocycles. The molecule has 5 nitrogen and oxygen atoms in total. The van der Waals surface area contributed by atoms with Gasteiger partial charge in [-0.2, -0.15) is 0 Å². The van der Waals surface area contributed by atoms with Gasteiger partial charge in [-0.15, -0.1) is 11.3 Å². The summed E-state index contributed by atoms with van der Waals surface area (Å²) in [4.78, 5) is 25.8. The van der Waals surface area contributed by atoms with Gasteiger partial charge in [-0.1, -0.05) is 13.0 Å². The number of anilines is 1. The predicted molar refractivity (Wildman–Crippen MR) is 102 cm³/mol. The molecular formula is C20H23NO4S. The molecule has 1 unspecified atom stereocenters. The summed E-state index contributed by atoms with van der Waals surface area (Å²) in [7, 11) is 1.54. The van der Waals surface area contributed by atoms with Crippen LogP contribution in [0, 0.1) is 12.8 Å². The first-order valence-corrected chi connectivity index (χ1v) is 9.56. The Labute approximate surface area is 157 Å². The van der Waals surface area contributed by atoms with E-state index in [-0.39, 0.29) is 12.5 Å². The Balaban J connectivity index is 1.60. The highest BCUT2D eigenvalue weighted by Crippen LogP contribution is 2.33. The molecule has 26 heavy (non-hydrogen) atoms. The van der Waals surface area contributed by atoms with E-state index in [0.717, 1.165) is 30.4 Å². The van der Waals surface area contributed by atoms with Crippen LogP contribution in [0.25, 0.3) is 0 Å². The van der Waals surface area contributed by atoms with Crippen LogP contribution >= 0.6 is 11.3 Å². The number of hydrogen-bond acceptors (Lipinski definition) is 5. The first-order valence-electron chi connectivity index (χ1n) is 8.68. The lowest BCUT2D eigenvalue weighted by atomic mass is 9.88. The van der Waals surface area contributed by atoms with Crippen LogP contribution in [-0.4, -0.2) is 25.6 Å². The van der Waals surface area contributed by atoms with Crippen molar-refractivity contribution >= 4 is 28.9 Å². The molecule has 0 bridgehead atoms. The van der Waals surface area contributed by atoms with Gasteiger partial charge in [-0.3, -0.25) is 4.79 Å². The van der Waals surface area contributed by atoms with Crippen LogP contribution in [0.3, 0.4) is 0 Å². The predicted octanol–water partition coefficient (Wildman–Crippen LogP) is 3.99. The molecule has 0 spiro atoms. The molecule has 1 N–H and O–H groups in total. The van der Waals surface area contributed by atoms with Crippen molar-refractivity contribution in [1.29, 1.82) is 0 Å². The van der Waals surface area contributed by atoms with E-state index in [2.05, 4.69) is 12.2 Å². The molecule has 1 aromatic heterocycles. The number of amides is 1. The van der Waals surface area contributed by atoms with Crippen LogP contribution in [0.4, 0.5) is 5.69 Å². The molecule has 0 saturated carbocycles. The summed E-state index contributed by atoms with van der Waals surface area (Å²) in [5, 5.41) is 4.59. The minimum Gasteiger partial charge on any atom is -0.495 e. The fourth-order valence-electron chi connectivity index (χ4n) is 3.16. The maximum atomic E-state index is 12.4. The molecule has 1 amide bonds. The van der Waals surface area contributed by atoms with Crippen LogP contribution in [-0.2, 0) is 22.4 Å². The number of rotatable bonds is 5. The average molecular weight is 373 g/mol. The zero-order valence-electron chi connectivity index (χ0n) is 15.3. The number of thiophene rings is 1. The number of aryl methyl sites for hydroxylation is 1. The van der Waals surface area contributed by atoms with Crippen molar-refractivity contribution in [3.8, 4) is 5.75 Å². The molecule has 1 atom stereocenters. The number of carbonyl (C=O) groups is 2. The third-order valence-electron chi connectivity index (χ3n) is 4.59. The van der Waals surface area contributed by atoms with Crippen LogP contribution in [0.15, 0.2) is 23.6 Å². The molecule has 0 fully saturated rings. The van der Waals surface area contributed by atoms with Gasteiger partial charge in [0.25, 0.3) is 5.91 Å². The third-order valence-corrected chi connectivity index (χ3v) is 5.64. The van der Waals surface area contributed by atoms with Crippen molar-refractivity contribution in [2.75, 3.05) is 19.0 Å². The average Bonchev–Trinajstić information content (AvgIpc) is 3.03. The van der Waals surface area contributed by atoms with Gasteiger partial charge in [0.1, 0.15) is 5.75 Å². The Morgan fingerprint density at radius 2 is 2.15 bits per heavy atom. The number of esters is 1. The summed E-state index contributed by atoms with van der Waals surface area (Å²) in [6.07, 6.45) is 3.00. The summed E-state index contributed by atoms with van der Waals surface area (Å²) >= 11 is 1.61. The van der Waals surface area contributed by atoms with Gasteiger partial charge in [0.15, 0.2) is 6.61 Å². The maximum Gasteiger partial charge on any atom is 0.339 e. The van der Waals surface area contributed by atoms with Crippen molar-refractivity contribution in [2.24, 2.45) is 5.92 Å². The van der Waals surface area contributed by atoms with Crippen LogP contribution in [0.2, 0.25) is 0 Å². The third kappa shape index (κ3) is 4.07. The topological polar surface area (TPSA) is 64.6 Å². The van der Waals surface area contributed by atoms with E-state index in [0.29, 0.717) is 22.9 Å². The van der Waals surface area contributed by atoms with Gasteiger partial charge in [0, 0.05) is 10.3 Å². The molecule has 1 aromatic carbocycles. The monoisotopic (exact) mass is 373 g/mol. The number of benzene rings is 1. The zero-order chi connectivity index (χ0) is 18.7. The highest BCUT2D eigenvalue weighted by atomic mass is 32.1. The minimum atomic E-state index is -0.427. The lowest BCUT2D eigenvalue weighted by molar-refractivity contribution is -0.119. The van der Waals surface area contributed by atoms with E-state index in [1.807, 2.05) is 24.4 Å². The number of hydrogen-bond donors (Lipinski definition) is 1. The van der Waals surface area contributed by atoms with Gasteiger partial charge in [-0.25, -0.2) is 4.79 Å². The van der Waals surface area contributed by atoms with Crippen molar-refractivity contribution < 1.29 is 19.1 Å². The Morgan fingerprint density at radius 3 is 2.92 bits per heavy atom. The lowest BCUT2D eigenvalue weighted by Gasteiger charge is -2.18. The van der Waals surface area contributed by atoms with Crippen molar-refractivity contribution in [3.63, 3.8) is 0 Å².